The highest BCUT2D eigenvalue weighted by atomic mass is 19.4. The smallest absolute Gasteiger partial charge is 0.403 e. The minimum absolute atomic E-state index is 0.740. The SMILES string of the molecule is C#CC(C)(C)NCC(C(=O)O)C(F)(F)F. The highest BCUT2D eigenvalue weighted by Crippen LogP contribution is 2.26. The summed E-state index contributed by atoms with van der Waals surface area (Å²) in [6.07, 6.45) is 0.262. The van der Waals surface area contributed by atoms with E-state index in [2.05, 4.69) is 11.2 Å². The lowest BCUT2D eigenvalue weighted by Gasteiger charge is -2.23. The summed E-state index contributed by atoms with van der Waals surface area (Å²) in [5.41, 5.74) is -0.959. The molecular weight excluding hydrogens is 211 g/mol. The van der Waals surface area contributed by atoms with Crippen molar-refractivity contribution in [3.8, 4) is 12.3 Å². The first-order valence-electron chi connectivity index (χ1n) is 4.12. The first-order valence-corrected chi connectivity index (χ1v) is 4.12. The number of carboxylic acid groups (broad SMARTS) is 1. The van der Waals surface area contributed by atoms with Crippen LogP contribution in [0, 0.1) is 18.3 Å². The van der Waals surface area contributed by atoms with Crippen LogP contribution in [0.1, 0.15) is 13.8 Å². The van der Waals surface area contributed by atoms with Crippen LogP contribution < -0.4 is 5.32 Å². The molecule has 0 saturated heterocycles. The zero-order valence-corrected chi connectivity index (χ0v) is 8.35. The minimum atomic E-state index is -4.77. The van der Waals surface area contributed by atoms with Gasteiger partial charge in [0.05, 0.1) is 5.54 Å². The van der Waals surface area contributed by atoms with Crippen molar-refractivity contribution in [2.45, 2.75) is 25.6 Å². The van der Waals surface area contributed by atoms with E-state index < -0.39 is 30.1 Å². The number of nitrogens with one attached hydrogen (secondary N) is 1. The molecule has 0 spiro atoms. The standard InChI is InChI=1S/C9H12F3NO2/c1-4-8(2,3)13-5-6(7(14)15)9(10,11)12/h1,6,13H,5H2,2-3H3,(H,14,15). The Bertz CT molecular complexity index is 278. The maximum absolute atomic E-state index is 12.2. The first kappa shape index (κ1) is 13.8. The molecule has 0 heterocycles. The molecule has 0 radical (unpaired) electrons. The van der Waals surface area contributed by atoms with Gasteiger partial charge in [0.2, 0.25) is 0 Å². The number of halogens is 3. The van der Waals surface area contributed by atoms with Crippen LogP contribution in [0.2, 0.25) is 0 Å². The predicted molar refractivity (Wildman–Crippen MR) is 48.1 cm³/mol. The van der Waals surface area contributed by atoms with Crippen molar-refractivity contribution >= 4 is 5.97 Å². The zero-order valence-electron chi connectivity index (χ0n) is 8.35. The van der Waals surface area contributed by atoms with Crippen molar-refractivity contribution in [2.75, 3.05) is 6.54 Å². The largest absolute Gasteiger partial charge is 0.481 e. The van der Waals surface area contributed by atoms with Crippen LogP contribution >= 0.6 is 0 Å². The van der Waals surface area contributed by atoms with E-state index >= 15 is 0 Å². The Kier molecular flexibility index (Phi) is 4.16. The molecule has 15 heavy (non-hydrogen) atoms. The van der Waals surface area contributed by atoms with Gasteiger partial charge in [0.1, 0.15) is 0 Å². The summed E-state index contributed by atoms with van der Waals surface area (Å²) in [5.74, 6) is -2.14. The summed E-state index contributed by atoms with van der Waals surface area (Å²) in [6.45, 7) is 2.24. The number of carboxylic acids is 1. The third-order valence-electron chi connectivity index (χ3n) is 1.80. The number of carbonyl (C=O) groups is 1. The third kappa shape index (κ3) is 4.70. The molecule has 0 amide bonds. The Labute approximate surface area is 85.7 Å². The van der Waals surface area contributed by atoms with Crippen molar-refractivity contribution in [2.24, 2.45) is 5.92 Å². The second kappa shape index (κ2) is 4.53. The number of aliphatic carboxylic acids is 1. The lowest BCUT2D eigenvalue weighted by Crippen LogP contribution is -2.46. The van der Waals surface area contributed by atoms with E-state index in [1.54, 1.807) is 0 Å². The summed E-state index contributed by atoms with van der Waals surface area (Å²) in [6, 6.07) is 0. The molecule has 0 aliphatic rings. The van der Waals surface area contributed by atoms with Gasteiger partial charge in [0.15, 0.2) is 5.92 Å². The Morgan fingerprint density at radius 2 is 2.00 bits per heavy atom. The van der Waals surface area contributed by atoms with E-state index in [0.29, 0.717) is 0 Å². The molecule has 1 atom stereocenters. The number of alkyl halides is 3. The quantitative estimate of drug-likeness (QED) is 0.705. The maximum Gasteiger partial charge on any atom is 0.403 e. The highest BCUT2D eigenvalue weighted by Gasteiger charge is 2.45. The lowest BCUT2D eigenvalue weighted by molar-refractivity contribution is -0.192. The molecule has 0 rings (SSSR count). The highest BCUT2D eigenvalue weighted by molar-refractivity contribution is 5.71. The molecule has 86 valence electrons. The first-order chi connectivity index (χ1) is 6.60. The van der Waals surface area contributed by atoms with Crippen LogP contribution in [0.5, 0.6) is 0 Å². The van der Waals surface area contributed by atoms with Gasteiger partial charge in [-0.05, 0) is 13.8 Å². The van der Waals surface area contributed by atoms with Crippen LogP contribution in [0.3, 0.4) is 0 Å². The van der Waals surface area contributed by atoms with Gasteiger partial charge in [0, 0.05) is 6.54 Å². The molecule has 2 N–H and O–H groups in total. The second-order valence-electron chi connectivity index (χ2n) is 3.58. The van der Waals surface area contributed by atoms with Crippen LogP contribution in [-0.4, -0.2) is 29.3 Å². The Balaban J connectivity index is 4.49. The van der Waals surface area contributed by atoms with Gasteiger partial charge in [-0.1, -0.05) is 5.92 Å². The van der Waals surface area contributed by atoms with E-state index in [4.69, 9.17) is 11.5 Å². The molecule has 3 nitrogen and oxygen atoms in total. The summed E-state index contributed by atoms with van der Waals surface area (Å²) in [7, 11) is 0. The zero-order chi connectivity index (χ0) is 12.3. The molecule has 0 aromatic carbocycles. The molecule has 0 aromatic heterocycles. The van der Waals surface area contributed by atoms with E-state index in [0.717, 1.165) is 0 Å². The third-order valence-corrected chi connectivity index (χ3v) is 1.80. The normalized spacial score (nSPS) is 14.4. The summed E-state index contributed by atoms with van der Waals surface area (Å²) in [4.78, 5) is 10.3. The average molecular weight is 223 g/mol. The van der Waals surface area contributed by atoms with E-state index in [-0.39, 0.29) is 0 Å². The summed E-state index contributed by atoms with van der Waals surface area (Å²) in [5, 5.41) is 10.7. The molecule has 1 unspecified atom stereocenters. The molecule has 0 saturated carbocycles. The fourth-order valence-electron chi connectivity index (χ4n) is 0.751. The van der Waals surface area contributed by atoms with Crippen molar-refractivity contribution in [3.63, 3.8) is 0 Å². The fraction of sp³-hybridized carbons (Fsp3) is 0.667. The maximum atomic E-state index is 12.2. The minimum Gasteiger partial charge on any atom is -0.481 e. The van der Waals surface area contributed by atoms with E-state index in [9.17, 15) is 18.0 Å². The fourth-order valence-corrected chi connectivity index (χ4v) is 0.751. The summed E-state index contributed by atoms with van der Waals surface area (Å²) < 4.78 is 36.5. The van der Waals surface area contributed by atoms with Crippen molar-refractivity contribution in [1.82, 2.24) is 5.32 Å². The topological polar surface area (TPSA) is 49.3 Å². The molecule has 0 aromatic rings. The van der Waals surface area contributed by atoms with Gasteiger partial charge >= 0.3 is 12.1 Å². The van der Waals surface area contributed by atoms with Crippen LogP contribution in [0.15, 0.2) is 0 Å². The van der Waals surface area contributed by atoms with Crippen LogP contribution in [-0.2, 0) is 4.79 Å². The number of rotatable bonds is 4. The van der Waals surface area contributed by atoms with E-state index in [1.807, 2.05) is 0 Å². The molecule has 6 heteroatoms. The van der Waals surface area contributed by atoms with Crippen LogP contribution in [0.4, 0.5) is 13.2 Å². The number of terminal acetylenes is 1. The van der Waals surface area contributed by atoms with Gasteiger partial charge in [-0.15, -0.1) is 6.42 Å². The predicted octanol–water partition coefficient (Wildman–Crippen LogP) is 1.25. The van der Waals surface area contributed by atoms with Crippen LogP contribution in [0.25, 0.3) is 0 Å². The molecule has 0 fully saturated rings. The average Bonchev–Trinajstić information content (AvgIpc) is 2.01. The molecule has 0 bridgehead atoms. The molecular formula is C9H12F3NO2. The van der Waals surface area contributed by atoms with Gasteiger partial charge in [-0.2, -0.15) is 13.2 Å². The lowest BCUT2D eigenvalue weighted by atomic mass is 10.0. The monoisotopic (exact) mass is 223 g/mol. The van der Waals surface area contributed by atoms with Gasteiger partial charge in [-0.25, -0.2) is 0 Å². The van der Waals surface area contributed by atoms with Gasteiger partial charge in [-0.3, -0.25) is 4.79 Å². The van der Waals surface area contributed by atoms with Crippen molar-refractivity contribution in [3.05, 3.63) is 0 Å². The Morgan fingerprint density at radius 1 is 1.53 bits per heavy atom. The summed E-state index contributed by atoms with van der Waals surface area (Å²) >= 11 is 0. The Morgan fingerprint density at radius 3 is 2.27 bits per heavy atom. The number of hydrogen-bond acceptors (Lipinski definition) is 2. The van der Waals surface area contributed by atoms with Gasteiger partial charge < -0.3 is 10.4 Å². The van der Waals surface area contributed by atoms with Crippen molar-refractivity contribution in [1.29, 1.82) is 0 Å². The number of hydrogen-bond donors (Lipinski definition) is 2. The molecule has 0 aliphatic carbocycles. The van der Waals surface area contributed by atoms with Crippen molar-refractivity contribution < 1.29 is 23.1 Å². The second-order valence-corrected chi connectivity index (χ2v) is 3.58. The Hall–Kier alpha value is -1.22. The van der Waals surface area contributed by atoms with Gasteiger partial charge in [0.25, 0.3) is 0 Å². The van der Waals surface area contributed by atoms with E-state index in [1.165, 1.54) is 13.8 Å². The molecule has 0 aliphatic heterocycles.